The molecule has 0 heterocycles. The minimum atomic E-state index is -4.92. The third-order valence-electron chi connectivity index (χ3n) is 5.46. The van der Waals surface area contributed by atoms with Crippen molar-refractivity contribution in [3.8, 4) is 0 Å². The van der Waals surface area contributed by atoms with Crippen molar-refractivity contribution < 1.29 is 44.7 Å². The molecule has 0 fully saturated rings. The molecule has 1 aliphatic rings. The fraction of sp³-hybridized carbons (Fsp3) is 0.292. The fourth-order valence-electron chi connectivity index (χ4n) is 3.86. The number of allylic oxidation sites excluding steroid dienone is 2. The van der Waals surface area contributed by atoms with Gasteiger partial charge in [-0.05, 0) is 41.0 Å². The zero-order valence-corrected chi connectivity index (χ0v) is 17.8. The summed E-state index contributed by atoms with van der Waals surface area (Å²) in [4.78, 5) is 11.7. The molecule has 0 spiro atoms. The van der Waals surface area contributed by atoms with Crippen molar-refractivity contribution in [2.24, 2.45) is 0 Å². The molecule has 0 saturated heterocycles. The van der Waals surface area contributed by atoms with E-state index in [0.717, 1.165) is 30.3 Å². The molecular weight excluding hydrogens is 486 g/mol. The summed E-state index contributed by atoms with van der Waals surface area (Å²) >= 11 is 0. The molecule has 2 atom stereocenters. The van der Waals surface area contributed by atoms with E-state index in [1.54, 1.807) is 30.3 Å². The predicted octanol–water partition coefficient (Wildman–Crippen LogP) is 6.32. The molecule has 1 N–H and O–H groups in total. The van der Waals surface area contributed by atoms with Crippen LogP contribution in [-0.2, 0) is 27.7 Å². The van der Waals surface area contributed by atoms with Crippen LogP contribution in [-0.4, -0.2) is 25.1 Å². The predicted molar refractivity (Wildman–Crippen MR) is 110 cm³/mol. The molecule has 0 radical (unpaired) electrons. The maximum atomic E-state index is 14.6. The van der Waals surface area contributed by atoms with E-state index in [1.165, 1.54) is 0 Å². The number of halogens is 8. The van der Waals surface area contributed by atoms with Crippen LogP contribution in [0.3, 0.4) is 0 Å². The van der Waals surface area contributed by atoms with Gasteiger partial charge in [0.2, 0.25) is 6.41 Å². The molecule has 0 bridgehead atoms. The van der Waals surface area contributed by atoms with Gasteiger partial charge < -0.3 is 10.1 Å². The minimum Gasteiger partial charge on any atom is -0.429 e. The topological polar surface area (TPSA) is 38.3 Å². The van der Waals surface area contributed by atoms with Gasteiger partial charge in [-0.15, -0.1) is 0 Å². The molecule has 0 aliphatic heterocycles. The lowest BCUT2D eigenvalue weighted by Crippen LogP contribution is -2.46. The summed E-state index contributed by atoms with van der Waals surface area (Å²) in [5.41, 5.74) is -2.11. The van der Waals surface area contributed by atoms with Crippen LogP contribution in [0.4, 0.5) is 35.1 Å². The number of amides is 1. The Kier molecular flexibility index (Phi) is 7.56. The highest BCUT2D eigenvalue weighted by Crippen LogP contribution is 2.41. The van der Waals surface area contributed by atoms with Gasteiger partial charge in [0.05, 0.1) is 11.1 Å². The smallest absolute Gasteiger partial charge is 0.429 e. The second-order valence-corrected chi connectivity index (χ2v) is 7.83. The van der Waals surface area contributed by atoms with Crippen LogP contribution in [0.2, 0.25) is 0 Å². The second-order valence-electron chi connectivity index (χ2n) is 7.83. The minimum absolute atomic E-state index is 0.0664. The molecule has 1 unspecified atom stereocenters. The van der Waals surface area contributed by atoms with Gasteiger partial charge in [-0.3, -0.25) is 4.79 Å². The molecule has 35 heavy (non-hydrogen) atoms. The summed E-state index contributed by atoms with van der Waals surface area (Å²) in [6.45, 7) is 0. The monoisotopic (exact) mass is 505 g/mol. The van der Waals surface area contributed by atoms with E-state index >= 15 is 0 Å². The van der Waals surface area contributed by atoms with Crippen molar-refractivity contribution in [2.75, 3.05) is 0 Å². The number of nitrogens with one attached hydrogen (secondary N) is 1. The van der Waals surface area contributed by atoms with E-state index < -0.39 is 48.2 Å². The van der Waals surface area contributed by atoms with Crippen molar-refractivity contribution >= 4 is 6.41 Å². The van der Waals surface area contributed by atoms with Crippen LogP contribution in [0, 0.1) is 0 Å². The van der Waals surface area contributed by atoms with Gasteiger partial charge in [-0.2, -0.15) is 30.7 Å². The summed E-state index contributed by atoms with van der Waals surface area (Å²) in [5, 5.41) is 2.50. The lowest BCUT2D eigenvalue weighted by Gasteiger charge is -2.39. The van der Waals surface area contributed by atoms with E-state index in [4.69, 9.17) is 0 Å². The van der Waals surface area contributed by atoms with Crippen LogP contribution in [0.15, 0.2) is 78.1 Å². The average molecular weight is 505 g/mol. The number of carbonyl (C=O) groups excluding carboxylic acids is 1. The Morgan fingerprint density at radius 2 is 1.57 bits per heavy atom. The van der Waals surface area contributed by atoms with Crippen molar-refractivity contribution in [3.05, 3.63) is 94.8 Å². The Hall–Kier alpha value is -3.37. The third-order valence-corrected chi connectivity index (χ3v) is 5.46. The van der Waals surface area contributed by atoms with Crippen LogP contribution >= 0.6 is 0 Å². The first kappa shape index (κ1) is 26.2. The van der Waals surface area contributed by atoms with Crippen LogP contribution in [0.1, 0.15) is 23.1 Å². The van der Waals surface area contributed by atoms with Crippen molar-refractivity contribution in [2.45, 2.75) is 43.3 Å². The number of rotatable bonds is 9. The lowest BCUT2D eigenvalue weighted by atomic mass is 9.74. The van der Waals surface area contributed by atoms with E-state index in [2.05, 4.69) is 10.1 Å². The normalized spacial score (nSPS) is 18.4. The summed E-state index contributed by atoms with van der Waals surface area (Å²) in [5.74, 6) is -0.902. The average Bonchev–Trinajstić information content (AvgIpc) is 2.78. The number of hydrogen-bond donors (Lipinski definition) is 1. The molecule has 1 aliphatic carbocycles. The summed E-state index contributed by atoms with van der Waals surface area (Å²) in [7, 11) is 0. The fourth-order valence-corrected chi connectivity index (χ4v) is 3.86. The number of benzene rings is 2. The maximum Gasteiger partial charge on any atom is 0.461 e. The van der Waals surface area contributed by atoms with Gasteiger partial charge >= 0.3 is 18.7 Å². The summed E-state index contributed by atoms with van der Waals surface area (Å²) < 4.78 is 110. The molecule has 1 amide bonds. The molecule has 2 aromatic carbocycles. The van der Waals surface area contributed by atoms with Gasteiger partial charge in [-0.25, -0.2) is 4.39 Å². The quantitative estimate of drug-likeness (QED) is 0.320. The molecule has 0 saturated carbocycles. The van der Waals surface area contributed by atoms with Gasteiger partial charge in [0, 0.05) is 12.8 Å². The van der Waals surface area contributed by atoms with Crippen LogP contribution < -0.4 is 5.32 Å². The molecule has 2 aromatic rings. The van der Waals surface area contributed by atoms with Gasteiger partial charge in [0.1, 0.15) is 11.9 Å². The van der Waals surface area contributed by atoms with E-state index in [0.29, 0.717) is 11.6 Å². The van der Waals surface area contributed by atoms with Gasteiger partial charge in [0.15, 0.2) is 0 Å². The highest BCUT2D eigenvalue weighted by Gasteiger charge is 2.46. The molecule has 188 valence electrons. The van der Waals surface area contributed by atoms with Crippen molar-refractivity contribution in [3.63, 3.8) is 0 Å². The number of hydrogen-bond acceptors (Lipinski definition) is 2. The van der Waals surface area contributed by atoms with E-state index in [9.17, 15) is 39.9 Å². The SMILES string of the molecule is O=CN[C@@](Cc1ccccc1)(C1=CC(OC(F)(F)C(F)F)=CC(F)C1)c1ccc(C(F)(F)F)cc1. The molecule has 0 aromatic heterocycles. The zero-order valence-electron chi connectivity index (χ0n) is 17.8. The number of alkyl halides is 8. The van der Waals surface area contributed by atoms with Crippen molar-refractivity contribution in [1.29, 1.82) is 0 Å². The number of carbonyl (C=O) groups is 1. The highest BCUT2D eigenvalue weighted by atomic mass is 19.4. The Bertz CT molecular complexity index is 1080. The molecule has 3 nitrogen and oxygen atoms in total. The molecule has 3 rings (SSSR count). The standard InChI is InChI=1S/C24H19F8NO2/c25-19-10-18(11-20(12-19)35-24(31,32)21(26)27)22(33-14-34,13-15-4-2-1-3-5-15)16-6-8-17(9-7-16)23(28,29)30/h1-9,11-12,14,19,21H,10,13H2,(H,33,34)/t19?,22-/m1/s1. The second kappa shape index (κ2) is 10.1. The lowest BCUT2D eigenvalue weighted by molar-refractivity contribution is -0.280. The Morgan fingerprint density at radius 3 is 2.11 bits per heavy atom. The summed E-state index contributed by atoms with van der Waals surface area (Å²) in [6, 6.07) is 11.9. The highest BCUT2D eigenvalue weighted by molar-refractivity contribution is 5.55. The first-order chi connectivity index (χ1) is 16.4. The van der Waals surface area contributed by atoms with E-state index in [1.807, 2.05) is 0 Å². The Morgan fingerprint density at radius 1 is 0.971 bits per heavy atom. The first-order valence-corrected chi connectivity index (χ1v) is 10.2. The largest absolute Gasteiger partial charge is 0.461 e. The Balaban J connectivity index is 2.16. The van der Waals surface area contributed by atoms with E-state index in [-0.39, 0.29) is 24.0 Å². The Labute approximate surface area is 195 Å². The van der Waals surface area contributed by atoms with Crippen LogP contribution in [0.5, 0.6) is 0 Å². The number of ether oxygens (including phenoxy) is 1. The molecule has 11 heteroatoms. The first-order valence-electron chi connectivity index (χ1n) is 10.2. The zero-order chi connectivity index (χ0) is 25.9. The summed E-state index contributed by atoms with van der Waals surface area (Å²) in [6.07, 6.45) is -14.6. The maximum absolute atomic E-state index is 14.6. The van der Waals surface area contributed by atoms with Gasteiger partial charge in [-0.1, -0.05) is 42.5 Å². The van der Waals surface area contributed by atoms with Crippen molar-refractivity contribution in [1.82, 2.24) is 5.32 Å². The van der Waals surface area contributed by atoms with Crippen LogP contribution in [0.25, 0.3) is 0 Å². The van der Waals surface area contributed by atoms with Gasteiger partial charge in [0.25, 0.3) is 0 Å². The molecular formula is C24H19F8NO2. The third kappa shape index (κ3) is 6.01.